The molecule has 9 nitrogen and oxygen atoms in total. The van der Waals surface area contributed by atoms with Gasteiger partial charge in [0.15, 0.2) is 6.23 Å². The first kappa shape index (κ1) is 27.3. The van der Waals surface area contributed by atoms with E-state index in [1.54, 1.807) is 6.08 Å². The first-order valence-electron chi connectivity index (χ1n) is 15.7. The van der Waals surface area contributed by atoms with Gasteiger partial charge >= 0.3 is 6.03 Å². The third-order valence-electron chi connectivity index (χ3n) is 10.9. The fraction of sp³-hybridized carbons (Fsp3) is 0.719. The molecule has 7 fully saturated rings. The van der Waals surface area contributed by atoms with Crippen molar-refractivity contribution in [3.05, 3.63) is 36.5 Å². The van der Waals surface area contributed by atoms with Crippen molar-refractivity contribution in [3.63, 3.8) is 0 Å². The summed E-state index contributed by atoms with van der Waals surface area (Å²) in [6, 6.07) is -0.665. The molecule has 0 spiro atoms. The Morgan fingerprint density at radius 3 is 2.20 bits per heavy atom. The van der Waals surface area contributed by atoms with Crippen LogP contribution in [0.15, 0.2) is 36.5 Å². The van der Waals surface area contributed by atoms with Crippen molar-refractivity contribution in [1.82, 2.24) is 15.5 Å². The average Bonchev–Trinajstić information content (AvgIpc) is 3.72. The second-order valence-corrected chi connectivity index (χ2v) is 13.8. The highest BCUT2D eigenvalue weighted by Gasteiger charge is 2.63. The fourth-order valence-electron chi connectivity index (χ4n) is 7.83. The van der Waals surface area contributed by atoms with E-state index in [9.17, 15) is 24.6 Å². The summed E-state index contributed by atoms with van der Waals surface area (Å²) in [5.74, 6) is 8.29. The number of aliphatic hydroxyl groups excluding tert-OH is 2. The van der Waals surface area contributed by atoms with E-state index >= 15 is 0 Å². The Labute approximate surface area is 241 Å². The van der Waals surface area contributed by atoms with Crippen molar-refractivity contribution < 1.29 is 29.3 Å². The molecule has 4 amide bonds. The lowest BCUT2D eigenvalue weighted by Gasteiger charge is -2.32. The second kappa shape index (κ2) is 10.7. The zero-order valence-electron chi connectivity index (χ0n) is 23.7. The van der Waals surface area contributed by atoms with Crippen LogP contribution in [0.3, 0.4) is 0 Å². The van der Waals surface area contributed by atoms with E-state index in [4.69, 9.17) is 4.74 Å². The maximum atomic E-state index is 12.3. The molecule has 0 aromatic carbocycles. The van der Waals surface area contributed by atoms with Crippen LogP contribution >= 0.6 is 0 Å². The first-order chi connectivity index (χ1) is 19.8. The lowest BCUT2D eigenvalue weighted by molar-refractivity contribution is -0.125. The van der Waals surface area contributed by atoms with Crippen LogP contribution in [0.25, 0.3) is 0 Å². The number of imide groups is 1. The molecule has 0 aromatic heterocycles. The van der Waals surface area contributed by atoms with Crippen molar-refractivity contribution in [2.24, 2.45) is 59.2 Å². The van der Waals surface area contributed by atoms with Gasteiger partial charge < -0.3 is 20.3 Å². The number of amides is 4. The van der Waals surface area contributed by atoms with Gasteiger partial charge in [0.25, 0.3) is 0 Å². The van der Waals surface area contributed by atoms with Gasteiger partial charge in [-0.3, -0.25) is 19.8 Å². The maximum Gasteiger partial charge on any atom is 0.326 e. The summed E-state index contributed by atoms with van der Waals surface area (Å²) < 4.78 is 5.67. The minimum atomic E-state index is -1.33. The maximum absolute atomic E-state index is 12.3. The summed E-state index contributed by atoms with van der Waals surface area (Å²) in [7, 11) is 0. The van der Waals surface area contributed by atoms with Gasteiger partial charge in [-0.2, -0.15) is 0 Å². The van der Waals surface area contributed by atoms with Crippen LogP contribution in [-0.2, 0) is 14.3 Å². The lowest BCUT2D eigenvalue weighted by atomic mass is 10.1. The molecule has 7 rings (SSSR count). The number of carbonyl (C=O) groups is 3. The average molecular weight is 566 g/mol. The number of ether oxygens (including phenoxy) is 1. The summed E-state index contributed by atoms with van der Waals surface area (Å²) in [4.78, 5) is 36.9. The summed E-state index contributed by atoms with van der Waals surface area (Å²) in [5, 5.41) is 25.6. The highest BCUT2D eigenvalue weighted by atomic mass is 16.6. The number of nitrogens with zero attached hydrogens (tertiary/aromatic N) is 1. The Morgan fingerprint density at radius 1 is 0.902 bits per heavy atom. The SMILES string of the molecule is C[C@@H]1C[C@H]1/C=C/[C@@H]1C[C@H]1C1C[C@@H]1[C@H]1C[C@H]1C1C[C@@H]1/C=C/C=C/C(=O)NC[C@H]1O[C@@H](N2CCC(=O)NC2=O)[C@H](O)[C@@H]1O. The molecule has 2 saturated heterocycles. The molecule has 0 radical (unpaired) electrons. The Balaban J connectivity index is 0.787. The Morgan fingerprint density at radius 2 is 1.54 bits per heavy atom. The number of hydrogen-bond donors (Lipinski definition) is 4. The molecular weight excluding hydrogens is 522 g/mol. The summed E-state index contributed by atoms with van der Waals surface area (Å²) >= 11 is 0. The molecule has 0 bridgehead atoms. The van der Waals surface area contributed by atoms with Gasteiger partial charge in [-0.1, -0.05) is 37.3 Å². The highest BCUT2D eigenvalue weighted by molar-refractivity contribution is 5.96. The van der Waals surface area contributed by atoms with Crippen molar-refractivity contribution >= 4 is 17.8 Å². The van der Waals surface area contributed by atoms with Crippen molar-refractivity contribution in [2.45, 2.75) is 70.0 Å². The molecule has 9 heteroatoms. The van der Waals surface area contributed by atoms with Crippen molar-refractivity contribution in [2.75, 3.05) is 13.1 Å². The molecular formula is C32H43N3O6. The van der Waals surface area contributed by atoms with Crippen LogP contribution in [0.4, 0.5) is 4.79 Å². The topological polar surface area (TPSA) is 128 Å². The molecule has 41 heavy (non-hydrogen) atoms. The monoisotopic (exact) mass is 565 g/mol. The number of carbonyl (C=O) groups excluding carboxylic acids is 3. The Bertz CT molecular complexity index is 1170. The standard InChI is InChI=1S/C32H43N3O6/c1-16-10-17(16)6-7-19-12-21(19)23-14-25(23)24-13-22(24)20-11-18(20)4-2-3-5-27(36)33-15-26-29(38)30(39)31(41-26)35-9-8-28(37)34-32(35)40/h2-7,16-26,29-31,38-39H,8-15H2,1H3,(H,33,36)(H,34,37,40)/b4-2+,5-3+,7-6+/t16-,17-,18+,19-,20?,21-,22+,23?,24+,25+,26-,29-,30-,31-/m1/s1. The lowest BCUT2D eigenvalue weighted by Crippen LogP contribution is -2.56. The van der Waals surface area contributed by atoms with Crippen molar-refractivity contribution in [3.8, 4) is 0 Å². The summed E-state index contributed by atoms with van der Waals surface area (Å²) in [6.45, 7) is 2.44. The predicted molar refractivity (Wildman–Crippen MR) is 150 cm³/mol. The fourth-order valence-corrected chi connectivity index (χ4v) is 7.83. The molecule has 7 aliphatic rings. The normalized spacial score (nSPS) is 48.2. The van der Waals surface area contributed by atoms with E-state index in [1.807, 2.05) is 6.08 Å². The smallest absolute Gasteiger partial charge is 0.326 e. The van der Waals surface area contributed by atoms with Crippen molar-refractivity contribution in [1.29, 1.82) is 0 Å². The van der Waals surface area contributed by atoms with Gasteiger partial charge in [-0.05, 0) is 91.3 Å². The number of allylic oxidation sites excluding steroid dienone is 5. The number of aliphatic hydroxyl groups is 2. The second-order valence-electron chi connectivity index (χ2n) is 13.8. The molecule has 5 saturated carbocycles. The Kier molecular flexibility index (Phi) is 7.11. The van der Waals surface area contributed by atoms with Gasteiger partial charge in [0.05, 0.1) is 0 Å². The quantitative estimate of drug-likeness (QED) is 0.173. The van der Waals surface area contributed by atoms with Crippen LogP contribution in [0.5, 0.6) is 0 Å². The number of urea groups is 1. The summed E-state index contributed by atoms with van der Waals surface area (Å²) in [5.41, 5.74) is 0. The van der Waals surface area contributed by atoms with Crippen LogP contribution in [0, 0.1) is 59.2 Å². The largest absolute Gasteiger partial charge is 0.387 e. The van der Waals surface area contributed by atoms with E-state index in [1.165, 1.54) is 43.1 Å². The highest BCUT2D eigenvalue weighted by Crippen LogP contribution is 2.70. The number of hydrogen-bond acceptors (Lipinski definition) is 6. The molecule has 5 aliphatic carbocycles. The zero-order chi connectivity index (χ0) is 28.4. The van der Waals surface area contributed by atoms with Gasteiger partial charge in [-0.15, -0.1) is 0 Å². The summed E-state index contributed by atoms with van der Waals surface area (Å²) in [6.07, 6.45) is 15.0. The van der Waals surface area contributed by atoms with Gasteiger partial charge in [0, 0.05) is 25.6 Å². The molecule has 4 N–H and O–H groups in total. The number of rotatable bonds is 11. The van der Waals surface area contributed by atoms with Gasteiger partial charge in [-0.25, -0.2) is 4.79 Å². The molecule has 0 aromatic rings. The molecule has 2 unspecified atom stereocenters. The van der Waals surface area contributed by atoms with E-state index in [-0.39, 0.29) is 25.4 Å². The molecule has 2 heterocycles. The Hall–Kier alpha value is -2.49. The minimum Gasteiger partial charge on any atom is -0.387 e. The van der Waals surface area contributed by atoms with E-state index in [0.29, 0.717) is 5.92 Å². The number of nitrogens with one attached hydrogen (secondary N) is 2. The first-order valence-corrected chi connectivity index (χ1v) is 15.7. The van der Waals surface area contributed by atoms with E-state index < -0.39 is 36.5 Å². The van der Waals surface area contributed by atoms with Crippen LogP contribution in [0.1, 0.15) is 45.4 Å². The molecule has 222 valence electrons. The predicted octanol–water partition coefficient (Wildman–Crippen LogP) is 2.36. The van der Waals surface area contributed by atoms with E-state index in [2.05, 4.69) is 35.8 Å². The minimum absolute atomic E-state index is 0.0104. The van der Waals surface area contributed by atoms with Gasteiger partial charge in [0.2, 0.25) is 11.8 Å². The van der Waals surface area contributed by atoms with Crippen LogP contribution < -0.4 is 10.6 Å². The molecule has 2 aliphatic heterocycles. The van der Waals surface area contributed by atoms with E-state index in [0.717, 1.165) is 53.3 Å². The van der Waals surface area contributed by atoms with Crippen LogP contribution in [-0.4, -0.2) is 70.6 Å². The third-order valence-corrected chi connectivity index (χ3v) is 10.9. The van der Waals surface area contributed by atoms with Crippen LogP contribution in [0.2, 0.25) is 0 Å². The third kappa shape index (κ3) is 5.90. The van der Waals surface area contributed by atoms with Gasteiger partial charge in [0.1, 0.15) is 18.3 Å². The molecule has 14 atom stereocenters. The zero-order valence-corrected chi connectivity index (χ0v) is 23.7.